The van der Waals surface area contributed by atoms with Gasteiger partial charge in [0.1, 0.15) is 0 Å². The number of hydrogen-bond donors (Lipinski definition) is 0. The maximum atomic E-state index is 3.34. The lowest BCUT2D eigenvalue weighted by Crippen LogP contribution is -2.32. The normalized spacial score (nSPS) is 11.0. The van der Waals surface area contributed by atoms with Crippen molar-refractivity contribution >= 4 is 10.8 Å². The van der Waals surface area contributed by atoms with Crippen molar-refractivity contribution in [1.29, 1.82) is 0 Å². The molecule has 0 saturated carbocycles. The summed E-state index contributed by atoms with van der Waals surface area (Å²) in [5.74, 6) is 1.14. The van der Waals surface area contributed by atoms with Gasteiger partial charge in [0, 0.05) is 11.3 Å². The fourth-order valence-corrected chi connectivity index (χ4v) is 3.10. The molecule has 1 aromatic heterocycles. The third kappa shape index (κ3) is 2.33. The van der Waals surface area contributed by atoms with Crippen LogP contribution < -0.4 is 4.57 Å². The van der Waals surface area contributed by atoms with Crippen molar-refractivity contribution in [2.75, 3.05) is 0 Å². The van der Waals surface area contributed by atoms with Gasteiger partial charge in [-0.3, -0.25) is 4.57 Å². The van der Waals surface area contributed by atoms with Crippen LogP contribution >= 0.6 is 0 Å². The van der Waals surface area contributed by atoms with Crippen LogP contribution in [0.1, 0.15) is 5.56 Å². The van der Waals surface area contributed by atoms with Gasteiger partial charge in [0.25, 0.3) is 0 Å². The van der Waals surface area contributed by atoms with Crippen molar-refractivity contribution in [1.82, 2.24) is 4.57 Å². The minimum Gasteiger partial charge on any atom is -0.356 e. The number of rotatable bonds is 2. The monoisotopic (exact) mass is 298 g/mol. The average molecular weight is 298 g/mol. The quantitative estimate of drug-likeness (QED) is 0.387. The summed E-state index contributed by atoms with van der Waals surface area (Å²) < 4.78 is 4.25. The molecular formula is C21H18N2. The van der Waals surface area contributed by atoms with Crippen LogP contribution in [-0.4, -0.2) is 4.57 Å². The predicted octanol–water partition coefficient (Wildman–Crippen LogP) is 4.23. The van der Waals surface area contributed by atoms with Crippen molar-refractivity contribution in [2.24, 2.45) is 7.05 Å². The average Bonchev–Trinajstić information content (AvgIpc) is 2.96. The van der Waals surface area contributed by atoms with E-state index in [-0.39, 0.29) is 0 Å². The fourth-order valence-electron chi connectivity index (χ4n) is 3.10. The van der Waals surface area contributed by atoms with Crippen molar-refractivity contribution in [2.45, 2.75) is 6.92 Å². The Bertz CT molecular complexity index is 981. The van der Waals surface area contributed by atoms with Crippen LogP contribution in [0.3, 0.4) is 0 Å². The van der Waals surface area contributed by atoms with Gasteiger partial charge in [0.15, 0.2) is 5.82 Å². The highest BCUT2D eigenvalue weighted by Gasteiger charge is 2.13. The molecule has 4 aromatic rings. The summed E-state index contributed by atoms with van der Waals surface area (Å²) >= 11 is 0. The summed E-state index contributed by atoms with van der Waals surface area (Å²) in [7, 11) is 2.07. The lowest BCUT2D eigenvalue weighted by molar-refractivity contribution is -0.587. The van der Waals surface area contributed by atoms with E-state index in [2.05, 4.69) is 90.0 Å². The van der Waals surface area contributed by atoms with Crippen LogP contribution in [0, 0.1) is 13.1 Å². The number of imidazole rings is 1. The zero-order chi connectivity index (χ0) is 15.8. The Morgan fingerprint density at radius 3 is 2.26 bits per heavy atom. The Hall–Kier alpha value is -2.87. The predicted molar refractivity (Wildman–Crippen MR) is 93.5 cm³/mol. The Labute approximate surface area is 136 Å². The molecular weight excluding hydrogens is 280 g/mol. The SMILES string of the molecule is Cc1cc2ccccc2cc1-c1n(C)c[c-][n+]1-c1ccccc1. The molecule has 3 aromatic carbocycles. The molecule has 2 heteroatoms. The highest BCUT2D eigenvalue weighted by molar-refractivity contribution is 5.87. The Morgan fingerprint density at radius 1 is 0.870 bits per heavy atom. The third-order valence-corrected chi connectivity index (χ3v) is 4.27. The van der Waals surface area contributed by atoms with Crippen LogP contribution in [-0.2, 0) is 7.05 Å². The first-order chi connectivity index (χ1) is 11.2. The summed E-state index contributed by atoms with van der Waals surface area (Å²) in [4.78, 5) is 0. The van der Waals surface area contributed by atoms with Crippen LogP contribution in [0.5, 0.6) is 0 Å². The minimum absolute atomic E-state index is 1.12. The Balaban J connectivity index is 1.98. The second kappa shape index (κ2) is 5.40. The van der Waals surface area contributed by atoms with E-state index in [9.17, 15) is 0 Å². The van der Waals surface area contributed by atoms with Crippen molar-refractivity contribution in [3.05, 3.63) is 84.7 Å². The van der Waals surface area contributed by atoms with E-state index in [0.717, 1.165) is 11.5 Å². The van der Waals surface area contributed by atoms with Crippen molar-refractivity contribution in [3.8, 4) is 17.1 Å². The number of aromatic nitrogens is 2. The second-order valence-corrected chi connectivity index (χ2v) is 5.88. The molecule has 0 atom stereocenters. The summed E-state index contributed by atoms with van der Waals surface area (Å²) in [6.45, 7) is 2.17. The maximum Gasteiger partial charge on any atom is 0.185 e. The zero-order valence-electron chi connectivity index (χ0n) is 13.3. The Morgan fingerprint density at radius 2 is 1.52 bits per heavy atom. The number of para-hydroxylation sites is 1. The van der Waals surface area contributed by atoms with Gasteiger partial charge in [-0.25, -0.2) is 0 Å². The van der Waals surface area contributed by atoms with E-state index in [1.54, 1.807) is 0 Å². The first kappa shape index (κ1) is 13.8. The molecule has 0 aliphatic carbocycles. The van der Waals surface area contributed by atoms with E-state index < -0.39 is 0 Å². The lowest BCUT2D eigenvalue weighted by Gasteiger charge is -2.14. The van der Waals surface area contributed by atoms with E-state index in [1.165, 1.54) is 21.9 Å². The van der Waals surface area contributed by atoms with E-state index >= 15 is 0 Å². The van der Waals surface area contributed by atoms with Gasteiger partial charge in [-0.05, 0) is 23.3 Å². The topological polar surface area (TPSA) is 8.81 Å². The van der Waals surface area contributed by atoms with Gasteiger partial charge in [-0.15, -0.1) is 0 Å². The minimum atomic E-state index is 1.12. The Kier molecular flexibility index (Phi) is 3.23. The molecule has 0 bridgehead atoms. The highest BCUT2D eigenvalue weighted by Crippen LogP contribution is 2.27. The molecule has 0 radical (unpaired) electrons. The second-order valence-electron chi connectivity index (χ2n) is 5.88. The zero-order valence-corrected chi connectivity index (χ0v) is 13.3. The summed E-state index contributed by atoms with van der Waals surface area (Å²) in [6.07, 6.45) is 5.33. The fraction of sp³-hybridized carbons (Fsp3) is 0.0952. The molecule has 0 fully saturated rings. The molecule has 0 spiro atoms. The molecule has 0 N–H and O–H groups in total. The summed E-state index contributed by atoms with van der Waals surface area (Å²) in [5, 5.41) is 2.53. The lowest BCUT2D eigenvalue weighted by atomic mass is 10.0. The van der Waals surface area contributed by atoms with Gasteiger partial charge in [-0.1, -0.05) is 66.7 Å². The molecule has 1 heterocycles. The summed E-state index contributed by atoms with van der Waals surface area (Å²) in [5.41, 5.74) is 3.62. The van der Waals surface area contributed by atoms with E-state index in [4.69, 9.17) is 0 Å². The number of fused-ring (bicyclic) bond motifs is 1. The largest absolute Gasteiger partial charge is 0.356 e. The van der Waals surface area contributed by atoms with Gasteiger partial charge in [0.2, 0.25) is 0 Å². The first-order valence-corrected chi connectivity index (χ1v) is 7.78. The van der Waals surface area contributed by atoms with E-state index in [1.807, 2.05) is 12.3 Å². The van der Waals surface area contributed by atoms with Gasteiger partial charge < -0.3 is 4.57 Å². The van der Waals surface area contributed by atoms with Crippen molar-refractivity contribution in [3.63, 3.8) is 0 Å². The standard InChI is InChI=1S/C21H18N2/c1-16-14-17-8-6-7-9-18(17)15-20(16)21-22(2)12-13-23(21)19-10-4-3-5-11-19/h3-12,14-15H,1-2H3. The highest BCUT2D eigenvalue weighted by atomic mass is 15.1. The molecule has 0 saturated heterocycles. The van der Waals surface area contributed by atoms with Crippen LogP contribution in [0.15, 0.2) is 72.9 Å². The molecule has 4 rings (SSSR count). The van der Waals surface area contributed by atoms with Crippen LogP contribution in [0.2, 0.25) is 0 Å². The number of benzene rings is 3. The van der Waals surface area contributed by atoms with Gasteiger partial charge in [0.05, 0.1) is 19.4 Å². The smallest absolute Gasteiger partial charge is 0.185 e. The molecule has 23 heavy (non-hydrogen) atoms. The van der Waals surface area contributed by atoms with Gasteiger partial charge >= 0.3 is 0 Å². The third-order valence-electron chi connectivity index (χ3n) is 4.27. The van der Waals surface area contributed by atoms with E-state index in [0.29, 0.717) is 0 Å². The molecule has 112 valence electrons. The number of nitrogens with zero attached hydrogens (tertiary/aromatic N) is 2. The number of hydrogen-bond acceptors (Lipinski definition) is 0. The first-order valence-electron chi connectivity index (χ1n) is 7.78. The number of aryl methyl sites for hydroxylation is 2. The maximum absolute atomic E-state index is 3.34. The van der Waals surface area contributed by atoms with Crippen molar-refractivity contribution < 1.29 is 4.57 Å². The molecule has 2 nitrogen and oxygen atoms in total. The molecule has 0 aliphatic rings. The van der Waals surface area contributed by atoms with Crippen LogP contribution in [0.4, 0.5) is 0 Å². The summed E-state index contributed by atoms with van der Waals surface area (Å²) in [6, 6.07) is 23.4. The molecule has 0 unspecified atom stereocenters. The van der Waals surface area contributed by atoms with Gasteiger partial charge in [-0.2, -0.15) is 0 Å². The molecule has 0 amide bonds. The van der Waals surface area contributed by atoms with Crippen LogP contribution in [0.25, 0.3) is 27.8 Å². The molecule has 0 aliphatic heterocycles.